The highest BCUT2D eigenvalue weighted by Gasteiger charge is 2.11. The van der Waals surface area contributed by atoms with Gasteiger partial charge < -0.3 is 4.98 Å². The van der Waals surface area contributed by atoms with Gasteiger partial charge in [0.2, 0.25) is 0 Å². The monoisotopic (exact) mass is 363 g/mol. The van der Waals surface area contributed by atoms with Crippen LogP contribution >= 0.6 is 0 Å². The molecule has 0 bridgehead atoms. The maximum absolute atomic E-state index is 12.6. The minimum atomic E-state index is -0.238. The standard InChI is InChI=1S/C24H17N3O/c28-24(22-14-25-23-12-6-5-11-20(22)23)27-26-15-21-18-9-3-1-7-16(18)13-17-8-2-4-10-19(17)21/h1-15,25H,(H,27,28). The highest BCUT2D eigenvalue weighted by Crippen LogP contribution is 2.27. The summed E-state index contributed by atoms with van der Waals surface area (Å²) in [5.74, 6) is -0.238. The molecule has 0 unspecified atom stereocenters. The molecule has 4 nitrogen and oxygen atoms in total. The van der Waals surface area contributed by atoms with Crippen LogP contribution in [0.4, 0.5) is 0 Å². The number of carbonyl (C=O) groups is 1. The van der Waals surface area contributed by atoms with Crippen molar-refractivity contribution in [2.45, 2.75) is 0 Å². The van der Waals surface area contributed by atoms with E-state index in [-0.39, 0.29) is 5.91 Å². The molecule has 4 heteroatoms. The zero-order valence-electron chi connectivity index (χ0n) is 15.0. The third-order valence-electron chi connectivity index (χ3n) is 5.01. The number of hydrazone groups is 1. The third kappa shape index (κ3) is 2.72. The number of hydrogen-bond donors (Lipinski definition) is 2. The van der Waals surface area contributed by atoms with Crippen molar-refractivity contribution < 1.29 is 4.79 Å². The molecule has 0 radical (unpaired) electrons. The molecule has 0 atom stereocenters. The summed E-state index contributed by atoms with van der Waals surface area (Å²) in [7, 11) is 0. The maximum Gasteiger partial charge on any atom is 0.273 e. The quantitative estimate of drug-likeness (QED) is 0.257. The first-order chi connectivity index (χ1) is 13.8. The van der Waals surface area contributed by atoms with Crippen molar-refractivity contribution in [1.29, 1.82) is 0 Å². The van der Waals surface area contributed by atoms with Gasteiger partial charge in [-0.05, 0) is 33.7 Å². The van der Waals surface area contributed by atoms with Crippen molar-refractivity contribution in [2.75, 3.05) is 0 Å². The summed E-state index contributed by atoms with van der Waals surface area (Å²) in [6.45, 7) is 0. The van der Waals surface area contributed by atoms with E-state index in [4.69, 9.17) is 0 Å². The Morgan fingerprint density at radius 3 is 2.14 bits per heavy atom. The molecular formula is C24H17N3O. The van der Waals surface area contributed by atoms with Gasteiger partial charge in [-0.1, -0.05) is 66.7 Å². The number of aromatic amines is 1. The van der Waals surface area contributed by atoms with Gasteiger partial charge in [0, 0.05) is 22.7 Å². The molecule has 0 aliphatic carbocycles. The molecule has 0 fully saturated rings. The van der Waals surface area contributed by atoms with Gasteiger partial charge in [-0.3, -0.25) is 4.79 Å². The van der Waals surface area contributed by atoms with Gasteiger partial charge in [-0.2, -0.15) is 5.10 Å². The van der Waals surface area contributed by atoms with Gasteiger partial charge >= 0.3 is 0 Å². The molecule has 0 saturated heterocycles. The summed E-state index contributed by atoms with van der Waals surface area (Å²) in [4.78, 5) is 15.7. The van der Waals surface area contributed by atoms with E-state index in [0.29, 0.717) is 5.56 Å². The fourth-order valence-electron chi connectivity index (χ4n) is 3.66. The van der Waals surface area contributed by atoms with Crippen LogP contribution in [0, 0.1) is 0 Å². The van der Waals surface area contributed by atoms with Crippen molar-refractivity contribution in [1.82, 2.24) is 10.4 Å². The Hall–Kier alpha value is -3.92. The molecule has 5 rings (SSSR count). The molecule has 0 aliphatic rings. The van der Waals surface area contributed by atoms with E-state index >= 15 is 0 Å². The largest absolute Gasteiger partial charge is 0.360 e. The fourth-order valence-corrected chi connectivity index (χ4v) is 3.66. The zero-order chi connectivity index (χ0) is 18.9. The van der Waals surface area contributed by atoms with E-state index in [9.17, 15) is 4.79 Å². The summed E-state index contributed by atoms with van der Waals surface area (Å²) >= 11 is 0. The van der Waals surface area contributed by atoms with E-state index in [1.165, 1.54) is 0 Å². The molecule has 1 aromatic heterocycles. The molecular weight excluding hydrogens is 346 g/mol. The second-order valence-corrected chi connectivity index (χ2v) is 6.68. The van der Waals surface area contributed by atoms with Crippen LogP contribution in [0.2, 0.25) is 0 Å². The number of fused-ring (bicyclic) bond motifs is 3. The Labute approximate surface area is 161 Å². The number of para-hydroxylation sites is 1. The molecule has 4 aromatic carbocycles. The third-order valence-corrected chi connectivity index (χ3v) is 5.01. The summed E-state index contributed by atoms with van der Waals surface area (Å²) in [6.07, 6.45) is 3.44. The highest BCUT2D eigenvalue weighted by atomic mass is 16.2. The number of nitrogens with zero attached hydrogens (tertiary/aromatic N) is 1. The number of hydrogen-bond acceptors (Lipinski definition) is 2. The van der Waals surface area contributed by atoms with E-state index < -0.39 is 0 Å². The predicted octanol–water partition coefficient (Wildman–Crippen LogP) is 5.24. The first kappa shape index (κ1) is 16.3. The summed E-state index contributed by atoms with van der Waals surface area (Å²) in [5.41, 5.74) is 5.17. The highest BCUT2D eigenvalue weighted by molar-refractivity contribution is 6.14. The molecule has 1 amide bonds. The van der Waals surface area contributed by atoms with Gasteiger partial charge in [0.1, 0.15) is 0 Å². The van der Waals surface area contributed by atoms with Gasteiger partial charge in [-0.15, -0.1) is 0 Å². The molecule has 2 N–H and O–H groups in total. The van der Waals surface area contributed by atoms with Crippen molar-refractivity contribution in [3.05, 3.63) is 96.2 Å². The molecule has 5 aromatic rings. The van der Waals surface area contributed by atoms with Crippen LogP contribution in [0.3, 0.4) is 0 Å². The lowest BCUT2D eigenvalue weighted by atomic mass is 9.97. The van der Waals surface area contributed by atoms with E-state index in [1.54, 1.807) is 12.4 Å². The number of benzene rings is 4. The van der Waals surface area contributed by atoms with Crippen LogP contribution in [0.5, 0.6) is 0 Å². The number of aromatic nitrogens is 1. The first-order valence-corrected chi connectivity index (χ1v) is 9.11. The molecule has 0 saturated carbocycles. The van der Waals surface area contributed by atoms with E-state index in [0.717, 1.165) is 38.0 Å². The van der Waals surface area contributed by atoms with Crippen LogP contribution in [-0.2, 0) is 0 Å². The Bertz CT molecular complexity index is 1310. The fraction of sp³-hybridized carbons (Fsp3) is 0. The van der Waals surface area contributed by atoms with Crippen LogP contribution in [0.25, 0.3) is 32.4 Å². The smallest absolute Gasteiger partial charge is 0.273 e. The lowest BCUT2D eigenvalue weighted by molar-refractivity contribution is 0.0957. The van der Waals surface area contributed by atoms with Gasteiger partial charge in [0.05, 0.1) is 11.8 Å². The molecule has 0 spiro atoms. The van der Waals surface area contributed by atoms with Gasteiger partial charge in [-0.25, -0.2) is 5.43 Å². The first-order valence-electron chi connectivity index (χ1n) is 9.11. The van der Waals surface area contributed by atoms with Crippen LogP contribution in [0.1, 0.15) is 15.9 Å². The number of carbonyl (C=O) groups excluding carboxylic acids is 1. The second-order valence-electron chi connectivity index (χ2n) is 6.68. The van der Waals surface area contributed by atoms with Crippen LogP contribution in [0.15, 0.2) is 90.2 Å². The minimum absolute atomic E-state index is 0.238. The SMILES string of the molecule is O=C(NN=Cc1c2ccccc2cc2ccccc12)c1c[nH]c2ccccc12. The van der Waals surface area contributed by atoms with Gasteiger partial charge in [0.15, 0.2) is 0 Å². The molecule has 28 heavy (non-hydrogen) atoms. The second kappa shape index (κ2) is 6.67. The summed E-state index contributed by atoms with van der Waals surface area (Å²) in [5, 5.41) is 9.64. The molecule has 134 valence electrons. The Morgan fingerprint density at radius 1 is 0.821 bits per heavy atom. The Morgan fingerprint density at radius 2 is 1.43 bits per heavy atom. The Balaban J connectivity index is 1.52. The Kier molecular flexibility index (Phi) is 3.87. The number of H-pyrrole nitrogens is 1. The van der Waals surface area contributed by atoms with Crippen molar-refractivity contribution in [3.63, 3.8) is 0 Å². The topological polar surface area (TPSA) is 57.2 Å². The number of rotatable bonds is 3. The van der Waals surface area contributed by atoms with Gasteiger partial charge in [0.25, 0.3) is 5.91 Å². The van der Waals surface area contributed by atoms with E-state index in [1.807, 2.05) is 48.5 Å². The average molecular weight is 363 g/mol. The summed E-state index contributed by atoms with van der Waals surface area (Å²) < 4.78 is 0. The van der Waals surface area contributed by atoms with Crippen molar-refractivity contribution in [2.24, 2.45) is 5.10 Å². The normalized spacial score (nSPS) is 11.6. The summed E-state index contributed by atoms with van der Waals surface area (Å²) in [6, 6.07) is 26.3. The lowest BCUT2D eigenvalue weighted by Gasteiger charge is -2.07. The predicted molar refractivity (Wildman–Crippen MR) is 115 cm³/mol. The lowest BCUT2D eigenvalue weighted by Crippen LogP contribution is -2.17. The van der Waals surface area contributed by atoms with Crippen molar-refractivity contribution in [3.8, 4) is 0 Å². The zero-order valence-corrected chi connectivity index (χ0v) is 15.0. The average Bonchev–Trinajstić information content (AvgIpc) is 3.17. The molecule has 0 aliphatic heterocycles. The number of nitrogens with one attached hydrogen (secondary N) is 2. The van der Waals surface area contributed by atoms with Crippen LogP contribution in [-0.4, -0.2) is 17.1 Å². The maximum atomic E-state index is 12.6. The van der Waals surface area contributed by atoms with Crippen LogP contribution < -0.4 is 5.43 Å². The minimum Gasteiger partial charge on any atom is -0.360 e. The van der Waals surface area contributed by atoms with Crippen molar-refractivity contribution >= 4 is 44.6 Å². The molecule has 1 heterocycles. The number of amides is 1. The van der Waals surface area contributed by atoms with E-state index in [2.05, 4.69) is 45.8 Å².